The number of imide groups is 1. The van der Waals surface area contributed by atoms with Crippen molar-refractivity contribution in [3.05, 3.63) is 29.3 Å². The second-order valence-electron chi connectivity index (χ2n) is 6.79. The Bertz CT molecular complexity index is 799. The lowest BCUT2D eigenvalue weighted by Gasteiger charge is -2.20. The zero-order valence-corrected chi connectivity index (χ0v) is 17.1. The average molecular weight is 394 g/mol. The molecule has 0 spiro atoms. The van der Waals surface area contributed by atoms with Crippen LogP contribution >= 0.6 is 23.1 Å². The second-order valence-corrected chi connectivity index (χ2v) is 8.99. The summed E-state index contributed by atoms with van der Waals surface area (Å²) in [6.45, 7) is 9.63. The van der Waals surface area contributed by atoms with Crippen molar-refractivity contribution in [1.29, 1.82) is 0 Å². The number of carbonyl (C=O) groups is 2. The Morgan fingerprint density at radius 3 is 2.62 bits per heavy atom. The van der Waals surface area contributed by atoms with Gasteiger partial charge in [0.25, 0.3) is 0 Å². The zero-order chi connectivity index (χ0) is 19.3. The van der Waals surface area contributed by atoms with Crippen LogP contribution in [0, 0.1) is 13.8 Å². The van der Waals surface area contributed by atoms with Gasteiger partial charge in [-0.25, -0.2) is 4.79 Å². The molecule has 0 unspecified atom stereocenters. The van der Waals surface area contributed by atoms with Crippen LogP contribution in [0.15, 0.2) is 22.5 Å². The molecule has 1 aromatic carbocycles. The highest BCUT2D eigenvalue weighted by molar-refractivity contribution is 8.01. The van der Waals surface area contributed by atoms with Crippen molar-refractivity contribution in [2.45, 2.75) is 44.5 Å². The Labute approximate surface area is 161 Å². The van der Waals surface area contributed by atoms with Crippen LogP contribution in [0.4, 0.5) is 15.6 Å². The number of thioether (sulfide) groups is 1. The summed E-state index contributed by atoms with van der Waals surface area (Å²) in [6.07, 6.45) is 0. The number of benzene rings is 1. The van der Waals surface area contributed by atoms with Gasteiger partial charge in [0.05, 0.1) is 5.75 Å². The fourth-order valence-corrected chi connectivity index (χ4v) is 3.55. The minimum absolute atomic E-state index is 0.0929. The van der Waals surface area contributed by atoms with Crippen molar-refractivity contribution in [2.75, 3.05) is 11.1 Å². The Hall–Kier alpha value is -2.13. The van der Waals surface area contributed by atoms with E-state index in [-0.39, 0.29) is 11.7 Å². The highest BCUT2D eigenvalue weighted by atomic mass is 32.2. The summed E-state index contributed by atoms with van der Waals surface area (Å²) in [5.74, 6) is -0.286. The third-order valence-corrected chi connectivity index (χ3v) is 5.29. The minimum atomic E-state index is -0.502. The molecule has 2 rings (SSSR count). The van der Waals surface area contributed by atoms with E-state index in [1.54, 1.807) is 0 Å². The first kappa shape index (κ1) is 20.2. The van der Waals surface area contributed by atoms with Crippen molar-refractivity contribution in [3.8, 4) is 0 Å². The molecule has 0 fully saturated rings. The largest absolute Gasteiger partial charge is 0.333 e. The molecule has 0 aliphatic carbocycles. The second kappa shape index (κ2) is 8.50. The molecule has 0 saturated carbocycles. The first-order valence-electron chi connectivity index (χ1n) is 8.05. The van der Waals surface area contributed by atoms with Gasteiger partial charge in [-0.05, 0) is 51.8 Å². The van der Waals surface area contributed by atoms with Crippen LogP contribution in [0.2, 0.25) is 0 Å². The van der Waals surface area contributed by atoms with Gasteiger partial charge in [-0.15, -0.1) is 10.2 Å². The molecular formula is C17H23N5O2S2. The topological polar surface area (TPSA) is 96.0 Å². The number of anilines is 2. The summed E-state index contributed by atoms with van der Waals surface area (Å²) < 4.78 is 0.657. The van der Waals surface area contributed by atoms with Crippen LogP contribution in [0.25, 0.3) is 0 Å². The molecule has 0 atom stereocenters. The smallest absolute Gasteiger partial charge is 0.321 e. The number of aryl methyl sites for hydroxylation is 1. The highest BCUT2D eigenvalue weighted by Gasteiger charge is 2.16. The number of amides is 3. The van der Waals surface area contributed by atoms with Gasteiger partial charge in [0, 0.05) is 11.2 Å². The lowest BCUT2D eigenvalue weighted by molar-refractivity contribution is -0.117. The first-order chi connectivity index (χ1) is 12.1. The van der Waals surface area contributed by atoms with E-state index in [4.69, 9.17) is 0 Å². The summed E-state index contributed by atoms with van der Waals surface area (Å²) in [6, 6.07) is 5.51. The number of rotatable bonds is 5. The number of nitrogens with zero attached hydrogens (tertiary/aromatic N) is 2. The minimum Gasteiger partial charge on any atom is -0.333 e. The Morgan fingerprint density at radius 2 is 1.92 bits per heavy atom. The van der Waals surface area contributed by atoms with Crippen LogP contribution in [-0.4, -0.2) is 33.4 Å². The number of hydrogen-bond acceptors (Lipinski definition) is 7. The van der Waals surface area contributed by atoms with Gasteiger partial charge in [0.15, 0.2) is 4.34 Å². The van der Waals surface area contributed by atoms with Crippen molar-refractivity contribution >= 4 is 45.9 Å². The molecule has 1 aromatic heterocycles. The Balaban J connectivity index is 1.85. The maximum absolute atomic E-state index is 11.8. The molecule has 0 radical (unpaired) electrons. The van der Waals surface area contributed by atoms with Crippen LogP contribution in [0.5, 0.6) is 0 Å². The predicted molar refractivity (Wildman–Crippen MR) is 106 cm³/mol. The molecule has 26 heavy (non-hydrogen) atoms. The van der Waals surface area contributed by atoms with Crippen LogP contribution < -0.4 is 16.0 Å². The molecule has 3 N–H and O–H groups in total. The van der Waals surface area contributed by atoms with Crippen LogP contribution in [-0.2, 0) is 4.79 Å². The standard InChI is InChI=1S/C17H23N5O2S2/c1-10-7-6-8-12(11(10)2)18-15-21-22-16(26-15)25-9-13(23)19-14(24)20-17(3,4)5/h6-8H,9H2,1-5H3,(H,18,21)(H2,19,20,23,24). The van der Waals surface area contributed by atoms with Crippen molar-refractivity contribution in [2.24, 2.45) is 0 Å². The molecule has 3 amide bonds. The van der Waals surface area contributed by atoms with Gasteiger partial charge in [-0.1, -0.05) is 35.2 Å². The van der Waals surface area contributed by atoms with E-state index in [9.17, 15) is 9.59 Å². The molecule has 9 heteroatoms. The predicted octanol–water partition coefficient (Wildman–Crippen LogP) is 3.61. The summed E-state index contributed by atoms with van der Waals surface area (Å²) in [7, 11) is 0. The van der Waals surface area contributed by atoms with E-state index < -0.39 is 11.6 Å². The van der Waals surface area contributed by atoms with E-state index in [0.29, 0.717) is 9.47 Å². The van der Waals surface area contributed by atoms with Gasteiger partial charge in [-0.3, -0.25) is 10.1 Å². The number of carbonyl (C=O) groups excluding carboxylic acids is 2. The molecule has 0 aliphatic rings. The number of nitrogens with one attached hydrogen (secondary N) is 3. The SMILES string of the molecule is Cc1cccc(Nc2nnc(SCC(=O)NC(=O)NC(C)(C)C)s2)c1C. The molecule has 1 heterocycles. The molecule has 140 valence electrons. The molecule has 0 aliphatic heterocycles. The fourth-order valence-electron chi connectivity index (χ4n) is 1.98. The third kappa shape index (κ3) is 6.30. The molecule has 7 nitrogen and oxygen atoms in total. The van der Waals surface area contributed by atoms with Crippen molar-refractivity contribution in [3.63, 3.8) is 0 Å². The van der Waals surface area contributed by atoms with Gasteiger partial charge in [-0.2, -0.15) is 0 Å². The quantitative estimate of drug-likeness (QED) is 0.672. The van der Waals surface area contributed by atoms with E-state index in [1.165, 1.54) is 28.7 Å². The van der Waals surface area contributed by atoms with Gasteiger partial charge in [0.1, 0.15) is 0 Å². The summed E-state index contributed by atoms with van der Waals surface area (Å²) in [4.78, 5) is 23.5. The zero-order valence-electron chi connectivity index (χ0n) is 15.5. The lowest BCUT2D eigenvalue weighted by Crippen LogP contribution is -2.48. The maximum Gasteiger partial charge on any atom is 0.321 e. The van der Waals surface area contributed by atoms with E-state index in [2.05, 4.69) is 39.1 Å². The number of urea groups is 1. The van der Waals surface area contributed by atoms with Crippen molar-refractivity contribution in [1.82, 2.24) is 20.8 Å². The van der Waals surface area contributed by atoms with E-state index in [1.807, 2.05) is 39.8 Å². The van der Waals surface area contributed by atoms with E-state index >= 15 is 0 Å². The number of aromatic nitrogens is 2. The van der Waals surface area contributed by atoms with Gasteiger partial charge in [0.2, 0.25) is 11.0 Å². The lowest BCUT2D eigenvalue weighted by atomic mass is 10.1. The van der Waals surface area contributed by atoms with E-state index in [0.717, 1.165) is 11.3 Å². The monoisotopic (exact) mass is 393 g/mol. The van der Waals surface area contributed by atoms with Crippen molar-refractivity contribution < 1.29 is 9.59 Å². The summed E-state index contributed by atoms with van der Waals surface area (Å²) in [5.41, 5.74) is 2.93. The summed E-state index contributed by atoms with van der Waals surface area (Å²) in [5, 5.41) is 17.0. The van der Waals surface area contributed by atoms with Gasteiger partial charge < -0.3 is 10.6 Å². The van der Waals surface area contributed by atoms with Crippen LogP contribution in [0.1, 0.15) is 31.9 Å². The van der Waals surface area contributed by atoms with Crippen LogP contribution in [0.3, 0.4) is 0 Å². The fraction of sp³-hybridized carbons (Fsp3) is 0.412. The molecule has 0 bridgehead atoms. The molecule has 0 saturated heterocycles. The first-order valence-corrected chi connectivity index (χ1v) is 9.86. The normalized spacial score (nSPS) is 11.1. The third-order valence-electron chi connectivity index (χ3n) is 3.32. The highest BCUT2D eigenvalue weighted by Crippen LogP contribution is 2.29. The summed E-state index contributed by atoms with van der Waals surface area (Å²) >= 11 is 2.60. The molecule has 2 aromatic rings. The Morgan fingerprint density at radius 1 is 1.19 bits per heavy atom. The molecular weight excluding hydrogens is 370 g/mol. The van der Waals surface area contributed by atoms with Gasteiger partial charge >= 0.3 is 6.03 Å². The Kier molecular flexibility index (Phi) is 6.60. The number of hydrogen-bond donors (Lipinski definition) is 3. The average Bonchev–Trinajstić information content (AvgIpc) is 2.95. The maximum atomic E-state index is 11.8.